The number of esters is 1. The summed E-state index contributed by atoms with van der Waals surface area (Å²) in [5.74, 6) is 0.843. The number of carbonyl (C=O) groups excluding carboxylic acids is 1. The number of hydrogen-bond acceptors (Lipinski definition) is 5. The number of halogens is 1. The number of hydrogen-bond donors (Lipinski definition) is 2. The number of nitrogens with one attached hydrogen (secondary N) is 2. The van der Waals surface area contributed by atoms with E-state index < -0.39 is 0 Å². The van der Waals surface area contributed by atoms with E-state index in [1.165, 1.54) is 12.5 Å². The Morgan fingerprint density at radius 3 is 2.53 bits per heavy atom. The first-order valence-corrected chi connectivity index (χ1v) is 12.0. The molecule has 4 aliphatic rings. The predicted molar refractivity (Wildman–Crippen MR) is 122 cm³/mol. The molecule has 174 valence electrons. The quantitative estimate of drug-likeness (QED) is 0.659. The van der Waals surface area contributed by atoms with E-state index in [-0.39, 0.29) is 46.3 Å². The molecule has 3 unspecified atom stereocenters. The van der Waals surface area contributed by atoms with E-state index in [1.807, 2.05) is 24.1 Å². The van der Waals surface area contributed by atoms with E-state index in [0.717, 1.165) is 18.7 Å². The maximum absolute atomic E-state index is 14.6. The molecule has 2 aliphatic carbocycles. The van der Waals surface area contributed by atoms with E-state index in [9.17, 15) is 9.18 Å². The molecule has 32 heavy (non-hydrogen) atoms. The van der Waals surface area contributed by atoms with Crippen LogP contribution in [0.5, 0.6) is 0 Å². The zero-order valence-electron chi connectivity index (χ0n) is 20.1. The molecular weight excluding hydrogens is 405 g/mol. The second kappa shape index (κ2) is 6.96. The Labute approximate surface area is 190 Å². The highest BCUT2D eigenvalue weighted by molar-refractivity contribution is 5.91. The molecule has 1 saturated heterocycles. The lowest BCUT2D eigenvalue weighted by atomic mass is 9.70. The maximum atomic E-state index is 14.6. The van der Waals surface area contributed by atoms with E-state index in [2.05, 4.69) is 45.4 Å². The van der Waals surface area contributed by atoms with Crippen LogP contribution in [0.3, 0.4) is 0 Å². The van der Waals surface area contributed by atoms with Crippen molar-refractivity contribution in [3.05, 3.63) is 47.0 Å². The molecule has 0 radical (unpaired) electrons. The van der Waals surface area contributed by atoms with Gasteiger partial charge < -0.3 is 10.1 Å². The summed E-state index contributed by atoms with van der Waals surface area (Å²) in [5, 5.41) is 5.52. The van der Waals surface area contributed by atoms with Gasteiger partial charge in [0.2, 0.25) is 0 Å². The Hall–Kier alpha value is -2.08. The average molecular weight is 442 g/mol. The van der Waals surface area contributed by atoms with Crippen LogP contribution in [-0.2, 0) is 9.53 Å². The Bertz CT molecular complexity index is 982. The Kier molecular flexibility index (Phi) is 4.73. The molecule has 2 N–H and O–H groups in total. The van der Waals surface area contributed by atoms with Crippen LogP contribution in [0.25, 0.3) is 0 Å². The zero-order chi connectivity index (χ0) is 23.1. The first kappa shape index (κ1) is 21.7. The van der Waals surface area contributed by atoms with E-state index >= 15 is 0 Å². The number of nitrogens with zero attached hydrogens (tertiary/aromatic N) is 1. The summed E-state index contributed by atoms with van der Waals surface area (Å²) in [6, 6.07) is 6.48. The first-order chi connectivity index (χ1) is 14.9. The molecule has 0 aromatic heterocycles. The summed E-state index contributed by atoms with van der Waals surface area (Å²) < 4.78 is 20.9. The third-order valence-electron chi connectivity index (χ3n) is 8.72. The summed E-state index contributed by atoms with van der Waals surface area (Å²) in [6.07, 6.45) is 4.08. The zero-order valence-corrected chi connectivity index (χ0v) is 20.1. The smallest absolute Gasteiger partial charge is 0.339 e. The van der Waals surface area contributed by atoms with Crippen molar-refractivity contribution in [3.63, 3.8) is 0 Å². The van der Waals surface area contributed by atoms with Gasteiger partial charge in [-0.15, -0.1) is 0 Å². The van der Waals surface area contributed by atoms with Crippen LogP contribution in [-0.4, -0.2) is 28.7 Å². The van der Waals surface area contributed by atoms with Crippen LogP contribution in [0, 0.1) is 22.6 Å². The topological polar surface area (TPSA) is 53.6 Å². The van der Waals surface area contributed by atoms with Crippen molar-refractivity contribution >= 4 is 5.97 Å². The number of rotatable bonds is 3. The molecule has 0 amide bonds. The van der Waals surface area contributed by atoms with Crippen molar-refractivity contribution in [2.24, 2.45) is 16.7 Å². The molecule has 2 bridgehead atoms. The standard InChI is InChI=1S/C26H36FN3O2/c1-15-20(22(31)32-23-25(4,5)16-11-12-26(23,6)13-16)21-28-19(14-24(2,3)30(21)29-15)17-9-7-8-10-18(17)27/h7-10,15-16,19,23,28-29H,11-14H2,1-6H3/t15?,16-,19?,23?,26+/m0/s1. The van der Waals surface area contributed by atoms with Gasteiger partial charge in [0.25, 0.3) is 0 Å². The molecular formula is C26H36FN3O2. The minimum absolute atomic E-state index is 0.0161. The summed E-state index contributed by atoms with van der Waals surface area (Å²) in [5.41, 5.74) is 4.43. The fourth-order valence-electron chi connectivity index (χ4n) is 7.01. The van der Waals surface area contributed by atoms with Gasteiger partial charge in [-0.05, 0) is 58.4 Å². The second-order valence-corrected chi connectivity index (χ2v) is 11.9. The Balaban J connectivity index is 1.48. The van der Waals surface area contributed by atoms with Crippen molar-refractivity contribution in [2.45, 2.75) is 91.0 Å². The van der Waals surface area contributed by atoms with Gasteiger partial charge in [-0.1, -0.05) is 39.0 Å². The number of fused-ring (bicyclic) bond motifs is 3. The molecule has 5 atom stereocenters. The highest BCUT2D eigenvalue weighted by atomic mass is 19.1. The van der Waals surface area contributed by atoms with Gasteiger partial charge in [-0.2, -0.15) is 0 Å². The lowest BCUT2D eigenvalue weighted by Crippen LogP contribution is -2.57. The van der Waals surface area contributed by atoms with Gasteiger partial charge in [0.1, 0.15) is 17.7 Å². The molecule has 6 heteroatoms. The fourth-order valence-corrected chi connectivity index (χ4v) is 7.01. The lowest BCUT2D eigenvalue weighted by molar-refractivity contribution is -0.160. The molecule has 5 nitrogen and oxygen atoms in total. The van der Waals surface area contributed by atoms with Crippen LogP contribution in [0.1, 0.15) is 78.8 Å². The largest absolute Gasteiger partial charge is 0.458 e. The molecule has 5 rings (SSSR count). The minimum Gasteiger partial charge on any atom is -0.458 e. The molecule has 3 fully saturated rings. The van der Waals surface area contributed by atoms with Gasteiger partial charge in [0.15, 0.2) is 0 Å². The molecule has 0 spiro atoms. The Morgan fingerprint density at radius 2 is 1.88 bits per heavy atom. The number of ether oxygens (including phenoxy) is 1. The molecule has 2 aliphatic heterocycles. The second-order valence-electron chi connectivity index (χ2n) is 11.9. The van der Waals surface area contributed by atoms with Gasteiger partial charge in [-0.25, -0.2) is 14.6 Å². The third-order valence-corrected chi connectivity index (χ3v) is 8.72. The van der Waals surface area contributed by atoms with E-state index in [1.54, 1.807) is 6.07 Å². The average Bonchev–Trinajstić information content (AvgIpc) is 3.31. The first-order valence-electron chi connectivity index (χ1n) is 12.0. The van der Waals surface area contributed by atoms with Crippen molar-refractivity contribution < 1.29 is 13.9 Å². The van der Waals surface area contributed by atoms with Crippen LogP contribution in [0.15, 0.2) is 35.7 Å². The number of hydrazine groups is 1. The summed E-state index contributed by atoms with van der Waals surface area (Å²) >= 11 is 0. The molecule has 2 heterocycles. The van der Waals surface area contributed by atoms with Crippen molar-refractivity contribution in [3.8, 4) is 0 Å². The minimum atomic E-state index is -0.304. The van der Waals surface area contributed by atoms with Gasteiger partial charge >= 0.3 is 5.97 Å². The monoisotopic (exact) mass is 441 g/mol. The fraction of sp³-hybridized carbons (Fsp3) is 0.654. The number of benzene rings is 1. The van der Waals surface area contributed by atoms with Crippen LogP contribution in [0.2, 0.25) is 0 Å². The SMILES string of the molecule is CC1NN2C(=C1C(=O)OC1C(C)(C)[C@H]3CC[C@]1(C)C3)NC(c1ccccc1F)CC2(C)C. The van der Waals surface area contributed by atoms with Crippen molar-refractivity contribution in [1.29, 1.82) is 0 Å². The van der Waals surface area contributed by atoms with E-state index in [4.69, 9.17) is 4.74 Å². The molecule has 1 aromatic carbocycles. The highest BCUT2D eigenvalue weighted by Crippen LogP contribution is 2.63. The van der Waals surface area contributed by atoms with Crippen molar-refractivity contribution in [2.75, 3.05) is 0 Å². The third kappa shape index (κ3) is 3.09. The summed E-state index contributed by atoms with van der Waals surface area (Å²) in [4.78, 5) is 13.6. The summed E-state index contributed by atoms with van der Waals surface area (Å²) in [6.45, 7) is 13.0. The predicted octanol–water partition coefficient (Wildman–Crippen LogP) is 4.82. The van der Waals surface area contributed by atoms with E-state index in [0.29, 0.717) is 23.5 Å². The van der Waals surface area contributed by atoms with Gasteiger partial charge in [-0.3, -0.25) is 5.01 Å². The van der Waals surface area contributed by atoms with Crippen LogP contribution < -0.4 is 10.7 Å². The molecule has 1 aromatic rings. The van der Waals surface area contributed by atoms with Gasteiger partial charge in [0, 0.05) is 16.4 Å². The summed E-state index contributed by atoms with van der Waals surface area (Å²) in [7, 11) is 0. The van der Waals surface area contributed by atoms with Crippen molar-refractivity contribution in [1.82, 2.24) is 15.8 Å². The van der Waals surface area contributed by atoms with Crippen LogP contribution >= 0.6 is 0 Å². The lowest BCUT2D eigenvalue weighted by Gasteiger charge is -2.47. The van der Waals surface area contributed by atoms with Gasteiger partial charge in [0.05, 0.1) is 23.2 Å². The normalized spacial score (nSPS) is 36.8. The van der Waals surface area contributed by atoms with Crippen LogP contribution in [0.4, 0.5) is 4.39 Å². The highest BCUT2D eigenvalue weighted by Gasteiger charge is 2.61. The molecule has 2 saturated carbocycles. The Morgan fingerprint density at radius 1 is 1.16 bits per heavy atom. The maximum Gasteiger partial charge on any atom is 0.339 e. The number of carbonyl (C=O) groups is 1.